The van der Waals surface area contributed by atoms with Gasteiger partial charge < -0.3 is 13.6 Å². The summed E-state index contributed by atoms with van der Waals surface area (Å²) in [5, 5.41) is 1.07. The van der Waals surface area contributed by atoms with Gasteiger partial charge in [0.1, 0.15) is 5.75 Å². The molecule has 0 fully saturated rings. The molecule has 0 spiro atoms. The van der Waals surface area contributed by atoms with E-state index in [1.807, 2.05) is 0 Å². The van der Waals surface area contributed by atoms with Crippen molar-refractivity contribution in [3.05, 3.63) is 28.2 Å². The maximum absolute atomic E-state index is 6.25. The lowest BCUT2D eigenvalue weighted by Crippen LogP contribution is -2.01. The fraction of sp³-hybridized carbons (Fsp3) is 0.750. The monoisotopic (exact) mass is 478 g/mol. The van der Waals surface area contributed by atoms with Crippen molar-refractivity contribution in [1.29, 1.82) is 0 Å². The molecule has 0 radical (unpaired) electrons. The maximum Gasteiger partial charge on any atom is 0.397 e. The van der Waals surface area contributed by atoms with Crippen molar-refractivity contribution in [2.45, 2.75) is 104 Å². The molecular weight excluding hydrogens is 438 g/mol. The number of hydrogen-bond acceptors (Lipinski definition) is 3. The number of hydrogen-bond donors (Lipinski definition) is 0. The summed E-state index contributed by atoms with van der Waals surface area (Å²) in [4.78, 5) is 0. The number of benzene rings is 1. The van der Waals surface area contributed by atoms with Crippen molar-refractivity contribution in [2.24, 2.45) is 0 Å². The van der Waals surface area contributed by atoms with E-state index >= 15 is 0 Å². The zero-order chi connectivity index (χ0) is 21.9. The molecule has 0 heterocycles. The highest BCUT2D eigenvalue weighted by molar-refractivity contribution is 7.42. The van der Waals surface area contributed by atoms with Crippen LogP contribution in [0.15, 0.2) is 18.2 Å². The lowest BCUT2D eigenvalue weighted by atomic mass is 10.1. The SMILES string of the molecule is CCCCCCCCCOP(OCCCCCCCCC)Oc1ccc(Cl)cc1Cl. The Hall–Kier alpha value is -0.0500. The zero-order valence-electron chi connectivity index (χ0n) is 19.0. The first-order valence-corrected chi connectivity index (χ1v) is 13.7. The first-order chi connectivity index (χ1) is 14.7. The van der Waals surface area contributed by atoms with Crippen LogP contribution in [0.4, 0.5) is 0 Å². The summed E-state index contributed by atoms with van der Waals surface area (Å²) in [7, 11) is -1.45. The normalized spacial score (nSPS) is 11.4. The minimum absolute atomic E-state index is 0.481. The smallest absolute Gasteiger partial charge is 0.397 e. The van der Waals surface area contributed by atoms with E-state index in [2.05, 4.69) is 13.8 Å². The van der Waals surface area contributed by atoms with Crippen LogP contribution in [-0.4, -0.2) is 13.2 Å². The average Bonchev–Trinajstić information content (AvgIpc) is 2.73. The first kappa shape index (κ1) is 28.0. The lowest BCUT2D eigenvalue weighted by molar-refractivity contribution is 0.198. The highest BCUT2D eigenvalue weighted by Gasteiger charge is 2.17. The van der Waals surface area contributed by atoms with Crippen molar-refractivity contribution in [3.63, 3.8) is 0 Å². The van der Waals surface area contributed by atoms with Gasteiger partial charge in [-0.05, 0) is 31.0 Å². The minimum Gasteiger partial charge on any atom is -0.425 e. The summed E-state index contributed by atoms with van der Waals surface area (Å²) < 4.78 is 17.8. The van der Waals surface area contributed by atoms with Crippen molar-refractivity contribution < 1.29 is 13.6 Å². The Balaban J connectivity index is 2.32. The summed E-state index contributed by atoms with van der Waals surface area (Å²) >= 11 is 12.2. The summed E-state index contributed by atoms with van der Waals surface area (Å²) in [6.07, 6.45) is 17.5. The van der Waals surface area contributed by atoms with Gasteiger partial charge >= 0.3 is 8.60 Å². The van der Waals surface area contributed by atoms with Gasteiger partial charge in [-0.15, -0.1) is 0 Å². The van der Waals surface area contributed by atoms with E-state index in [0.717, 1.165) is 12.8 Å². The Kier molecular flexibility index (Phi) is 18.3. The van der Waals surface area contributed by atoms with E-state index in [9.17, 15) is 0 Å². The largest absolute Gasteiger partial charge is 0.425 e. The quantitative estimate of drug-likeness (QED) is 0.138. The molecule has 0 saturated heterocycles. The Morgan fingerprint density at radius 2 is 1.13 bits per heavy atom. The van der Waals surface area contributed by atoms with Crippen LogP contribution < -0.4 is 4.52 Å². The van der Waals surface area contributed by atoms with Crippen LogP contribution in [0, 0.1) is 0 Å². The predicted molar refractivity (Wildman–Crippen MR) is 132 cm³/mol. The summed E-state index contributed by atoms with van der Waals surface area (Å²) in [5.74, 6) is 0.561. The predicted octanol–water partition coefficient (Wildman–Crippen LogP) is 10.1. The first-order valence-electron chi connectivity index (χ1n) is 11.9. The standard InChI is InChI=1S/C24H41Cl2O3P/c1-3-5-7-9-11-13-15-19-27-30(28-20-16-14-12-10-8-6-4-2)29-24-18-17-22(25)21-23(24)26/h17-18,21H,3-16,19-20H2,1-2H3. The second-order valence-corrected chi connectivity index (χ2v) is 9.79. The van der Waals surface area contributed by atoms with Crippen LogP contribution in [0.1, 0.15) is 104 Å². The van der Waals surface area contributed by atoms with Crippen LogP contribution in [-0.2, 0) is 9.05 Å². The Labute approximate surface area is 196 Å². The minimum atomic E-state index is -1.45. The van der Waals surface area contributed by atoms with E-state index in [1.165, 1.54) is 77.0 Å². The Bertz CT molecular complexity index is 511. The van der Waals surface area contributed by atoms with E-state index < -0.39 is 8.60 Å². The summed E-state index contributed by atoms with van der Waals surface area (Å²) in [6.45, 7) is 5.80. The molecule has 0 bridgehead atoms. The third kappa shape index (κ3) is 14.9. The lowest BCUT2D eigenvalue weighted by Gasteiger charge is -2.18. The number of unbranched alkanes of at least 4 members (excludes halogenated alkanes) is 12. The summed E-state index contributed by atoms with van der Waals surface area (Å²) in [5.41, 5.74) is 0. The fourth-order valence-corrected chi connectivity index (χ4v) is 4.67. The van der Waals surface area contributed by atoms with Gasteiger partial charge in [0.2, 0.25) is 0 Å². The zero-order valence-corrected chi connectivity index (χ0v) is 21.4. The van der Waals surface area contributed by atoms with Crippen LogP contribution in [0.3, 0.4) is 0 Å². The summed E-state index contributed by atoms with van der Waals surface area (Å²) in [6, 6.07) is 5.22. The molecule has 1 aromatic rings. The molecule has 1 aromatic carbocycles. The number of rotatable bonds is 20. The van der Waals surface area contributed by atoms with Gasteiger partial charge in [-0.2, -0.15) is 0 Å². The third-order valence-corrected chi connectivity index (χ3v) is 6.62. The van der Waals surface area contributed by atoms with Crippen molar-refractivity contribution in [1.82, 2.24) is 0 Å². The topological polar surface area (TPSA) is 27.7 Å². The molecule has 174 valence electrons. The molecule has 0 aromatic heterocycles. The molecule has 30 heavy (non-hydrogen) atoms. The molecule has 0 aliphatic heterocycles. The van der Waals surface area contributed by atoms with Crippen LogP contribution >= 0.6 is 31.8 Å². The van der Waals surface area contributed by atoms with Crippen molar-refractivity contribution >= 4 is 31.8 Å². The molecule has 1 rings (SSSR count). The fourth-order valence-electron chi connectivity index (χ4n) is 3.12. The molecule has 0 unspecified atom stereocenters. The maximum atomic E-state index is 6.25. The molecular formula is C24H41Cl2O3P. The molecule has 6 heteroatoms. The van der Waals surface area contributed by atoms with E-state index in [-0.39, 0.29) is 0 Å². The van der Waals surface area contributed by atoms with E-state index in [4.69, 9.17) is 36.8 Å². The molecule has 0 saturated carbocycles. The van der Waals surface area contributed by atoms with Gasteiger partial charge in [0.25, 0.3) is 0 Å². The van der Waals surface area contributed by atoms with Gasteiger partial charge in [0.15, 0.2) is 0 Å². The Morgan fingerprint density at radius 3 is 1.60 bits per heavy atom. The van der Waals surface area contributed by atoms with Gasteiger partial charge in [-0.3, -0.25) is 0 Å². The van der Waals surface area contributed by atoms with Crippen LogP contribution in [0.5, 0.6) is 5.75 Å². The van der Waals surface area contributed by atoms with Crippen molar-refractivity contribution in [3.8, 4) is 5.75 Å². The third-order valence-electron chi connectivity index (χ3n) is 4.96. The number of halogens is 2. The van der Waals surface area contributed by atoms with Crippen LogP contribution in [0.2, 0.25) is 10.0 Å². The van der Waals surface area contributed by atoms with Gasteiger partial charge in [0, 0.05) is 5.02 Å². The average molecular weight is 479 g/mol. The van der Waals surface area contributed by atoms with E-state index in [1.54, 1.807) is 18.2 Å². The van der Waals surface area contributed by atoms with Crippen LogP contribution in [0.25, 0.3) is 0 Å². The second kappa shape index (κ2) is 19.6. The molecule has 0 aliphatic rings. The van der Waals surface area contributed by atoms with Crippen molar-refractivity contribution in [2.75, 3.05) is 13.2 Å². The highest BCUT2D eigenvalue weighted by atomic mass is 35.5. The highest BCUT2D eigenvalue weighted by Crippen LogP contribution is 2.44. The molecule has 0 N–H and O–H groups in total. The molecule has 0 atom stereocenters. The Morgan fingerprint density at radius 1 is 0.667 bits per heavy atom. The molecule has 0 amide bonds. The van der Waals surface area contributed by atoms with E-state index in [0.29, 0.717) is 29.0 Å². The second-order valence-electron chi connectivity index (χ2n) is 7.80. The van der Waals surface area contributed by atoms with Gasteiger partial charge in [0.05, 0.1) is 18.2 Å². The molecule has 0 aliphatic carbocycles. The molecule has 3 nitrogen and oxygen atoms in total. The van der Waals surface area contributed by atoms with Gasteiger partial charge in [-0.1, -0.05) is 114 Å². The van der Waals surface area contributed by atoms with Gasteiger partial charge in [-0.25, -0.2) is 0 Å².